The van der Waals surface area contributed by atoms with Crippen LogP contribution in [0.25, 0.3) is 10.9 Å². The van der Waals surface area contributed by atoms with E-state index in [9.17, 15) is 4.79 Å². The van der Waals surface area contributed by atoms with Crippen molar-refractivity contribution in [3.63, 3.8) is 0 Å². The Balaban J connectivity index is 1.64. The van der Waals surface area contributed by atoms with Gasteiger partial charge in [0, 0.05) is 11.6 Å². The Morgan fingerprint density at radius 2 is 1.85 bits per heavy atom. The van der Waals surface area contributed by atoms with Gasteiger partial charge in [-0.1, -0.05) is 61.2 Å². The maximum absolute atomic E-state index is 13.5. The number of nitrogens with one attached hydrogen (secondary N) is 1. The Bertz CT molecular complexity index is 1340. The Morgan fingerprint density at radius 3 is 2.62 bits per heavy atom. The topological polar surface area (TPSA) is 79.7 Å². The monoisotopic (exact) mass is 456 g/mol. The SMILES string of the molecule is Cc1cc(C)c2[nH]c(=O)c(C(c3nnnn3Cc3ccccc3)N(C)C3CCCCC3)cc2c1. The van der Waals surface area contributed by atoms with Gasteiger partial charge in [-0.2, -0.15) is 0 Å². The summed E-state index contributed by atoms with van der Waals surface area (Å²) in [4.78, 5) is 19.0. The molecule has 5 rings (SSSR count). The number of fused-ring (bicyclic) bond motifs is 1. The molecule has 0 amide bonds. The number of aromatic amines is 1. The predicted molar refractivity (Wildman–Crippen MR) is 134 cm³/mol. The van der Waals surface area contributed by atoms with Crippen LogP contribution in [0, 0.1) is 13.8 Å². The highest BCUT2D eigenvalue weighted by Gasteiger charge is 2.33. The molecule has 7 nitrogen and oxygen atoms in total. The summed E-state index contributed by atoms with van der Waals surface area (Å²) in [6.45, 7) is 4.68. The highest BCUT2D eigenvalue weighted by Crippen LogP contribution is 2.32. The molecular weight excluding hydrogens is 424 g/mol. The van der Waals surface area contributed by atoms with Crippen molar-refractivity contribution in [2.75, 3.05) is 7.05 Å². The third-order valence-corrected chi connectivity index (χ3v) is 7.15. The summed E-state index contributed by atoms with van der Waals surface area (Å²) >= 11 is 0. The molecule has 1 atom stereocenters. The molecular formula is C27H32N6O. The molecule has 0 spiro atoms. The molecule has 7 heteroatoms. The minimum Gasteiger partial charge on any atom is -0.321 e. The molecule has 34 heavy (non-hydrogen) atoms. The van der Waals surface area contributed by atoms with E-state index in [1.54, 1.807) is 0 Å². The maximum Gasteiger partial charge on any atom is 0.253 e. The third kappa shape index (κ3) is 4.40. The first-order valence-electron chi connectivity index (χ1n) is 12.2. The van der Waals surface area contributed by atoms with Crippen molar-refractivity contribution in [2.45, 2.75) is 64.6 Å². The second-order valence-electron chi connectivity index (χ2n) is 9.64. The lowest BCUT2D eigenvalue weighted by molar-refractivity contribution is 0.149. The van der Waals surface area contributed by atoms with Gasteiger partial charge in [0.1, 0.15) is 6.04 Å². The second kappa shape index (κ2) is 9.50. The Kier molecular flexibility index (Phi) is 6.28. The number of hydrogen-bond donors (Lipinski definition) is 1. The molecule has 1 saturated carbocycles. The van der Waals surface area contributed by atoms with Crippen LogP contribution in [0.4, 0.5) is 0 Å². The summed E-state index contributed by atoms with van der Waals surface area (Å²) in [6, 6.07) is 16.5. The van der Waals surface area contributed by atoms with Gasteiger partial charge in [0.05, 0.1) is 12.1 Å². The molecule has 4 aromatic rings. The van der Waals surface area contributed by atoms with Crippen LogP contribution in [0.2, 0.25) is 0 Å². The lowest BCUT2D eigenvalue weighted by atomic mass is 9.92. The van der Waals surface area contributed by atoms with Gasteiger partial charge in [-0.05, 0) is 72.8 Å². The van der Waals surface area contributed by atoms with Gasteiger partial charge in [-0.3, -0.25) is 9.69 Å². The number of tetrazole rings is 1. The van der Waals surface area contributed by atoms with Crippen molar-refractivity contribution >= 4 is 10.9 Å². The molecule has 0 radical (unpaired) electrons. The number of benzene rings is 2. The van der Waals surface area contributed by atoms with Crippen LogP contribution >= 0.6 is 0 Å². The normalized spacial score (nSPS) is 15.8. The lowest BCUT2D eigenvalue weighted by Crippen LogP contribution is -2.40. The minimum absolute atomic E-state index is 0.0821. The van der Waals surface area contributed by atoms with Crippen LogP contribution < -0.4 is 5.56 Å². The molecule has 0 bridgehead atoms. The highest BCUT2D eigenvalue weighted by molar-refractivity contribution is 5.83. The van der Waals surface area contributed by atoms with E-state index < -0.39 is 0 Å². The number of rotatable bonds is 6. The van der Waals surface area contributed by atoms with E-state index in [-0.39, 0.29) is 11.6 Å². The first-order chi connectivity index (χ1) is 16.5. The standard InChI is InChI=1S/C27H32N6O/c1-18-14-19(2)24-21(15-18)16-23(27(34)28-24)25(32(3)22-12-8-5-9-13-22)26-29-30-31-33(26)17-20-10-6-4-7-11-20/h4,6-7,10-11,14-16,22,25H,5,8-9,12-13,17H2,1-3H3,(H,28,34). The summed E-state index contributed by atoms with van der Waals surface area (Å²) in [5, 5.41) is 13.9. The van der Waals surface area contributed by atoms with Gasteiger partial charge in [0.2, 0.25) is 0 Å². The van der Waals surface area contributed by atoms with Crippen molar-refractivity contribution < 1.29 is 0 Å². The van der Waals surface area contributed by atoms with E-state index in [1.807, 2.05) is 35.9 Å². The fourth-order valence-electron chi connectivity index (χ4n) is 5.42. The van der Waals surface area contributed by atoms with Gasteiger partial charge in [0.25, 0.3) is 5.56 Å². The van der Waals surface area contributed by atoms with Crippen LogP contribution in [0.15, 0.2) is 53.3 Å². The minimum atomic E-state index is -0.337. The molecule has 1 fully saturated rings. The zero-order valence-electron chi connectivity index (χ0n) is 20.2. The van der Waals surface area contributed by atoms with E-state index >= 15 is 0 Å². The van der Waals surface area contributed by atoms with Crippen LogP contribution in [0.5, 0.6) is 0 Å². The average molecular weight is 457 g/mol. The molecule has 2 aromatic heterocycles. The van der Waals surface area contributed by atoms with Crippen molar-refractivity contribution in [2.24, 2.45) is 0 Å². The smallest absolute Gasteiger partial charge is 0.253 e. The van der Waals surface area contributed by atoms with Crippen LogP contribution in [0.3, 0.4) is 0 Å². The summed E-state index contributed by atoms with van der Waals surface area (Å²) in [5.74, 6) is 0.700. The predicted octanol–water partition coefficient (Wildman–Crippen LogP) is 4.53. The van der Waals surface area contributed by atoms with Crippen molar-refractivity contribution in [3.8, 4) is 0 Å². The molecule has 2 aromatic carbocycles. The van der Waals surface area contributed by atoms with E-state index in [4.69, 9.17) is 0 Å². The summed E-state index contributed by atoms with van der Waals surface area (Å²) < 4.78 is 1.84. The molecule has 1 N–H and O–H groups in total. The highest BCUT2D eigenvalue weighted by atomic mass is 16.1. The fraction of sp³-hybridized carbons (Fsp3) is 0.407. The van der Waals surface area contributed by atoms with Gasteiger partial charge < -0.3 is 4.98 Å². The van der Waals surface area contributed by atoms with Crippen LogP contribution in [0.1, 0.15) is 66.2 Å². The summed E-state index contributed by atoms with van der Waals surface area (Å²) in [5.41, 5.74) is 4.87. The van der Waals surface area contributed by atoms with E-state index in [0.29, 0.717) is 24.0 Å². The Hall–Kier alpha value is -3.32. The molecule has 1 unspecified atom stereocenters. The Morgan fingerprint density at radius 1 is 1.09 bits per heavy atom. The molecule has 0 aliphatic heterocycles. The first-order valence-corrected chi connectivity index (χ1v) is 12.2. The van der Waals surface area contributed by atoms with Crippen LogP contribution in [-0.4, -0.2) is 43.2 Å². The molecule has 0 saturated heterocycles. The average Bonchev–Trinajstić information content (AvgIpc) is 3.29. The molecule has 1 aliphatic carbocycles. The number of aryl methyl sites for hydroxylation is 2. The number of aromatic nitrogens is 5. The molecule has 1 aliphatic rings. The van der Waals surface area contributed by atoms with E-state index in [2.05, 4.69) is 63.6 Å². The summed E-state index contributed by atoms with van der Waals surface area (Å²) in [7, 11) is 2.12. The third-order valence-electron chi connectivity index (χ3n) is 7.15. The summed E-state index contributed by atoms with van der Waals surface area (Å²) in [6.07, 6.45) is 5.94. The van der Waals surface area contributed by atoms with Crippen molar-refractivity contribution in [1.82, 2.24) is 30.1 Å². The first kappa shape index (κ1) is 22.5. The number of H-pyrrole nitrogens is 1. The van der Waals surface area contributed by atoms with Gasteiger partial charge in [-0.15, -0.1) is 5.10 Å². The maximum atomic E-state index is 13.5. The van der Waals surface area contributed by atoms with Gasteiger partial charge in [-0.25, -0.2) is 4.68 Å². The Labute approximate surface area is 199 Å². The molecule has 176 valence electrons. The second-order valence-corrected chi connectivity index (χ2v) is 9.64. The quantitative estimate of drug-likeness (QED) is 0.461. The van der Waals surface area contributed by atoms with E-state index in [1.165, 1.54) is 24.8 Å². The van der Waals surface area contributed by atoms with E-state index in [0.717, 1.165) is 34.9 Å². The number of pyridine rings is 1. The van der Waals surface area contributed by atoms with Crippen LogP contribution in [-0.2, 0) is 6.54 Å². The zero-order valence-corrected chi connectivity index (χ0v) is 20.2. The fourth-order valence-corrected chi connectivity index (χ4v) is 5.42. The number of hydrogen-bond acceptors (Lipinski definition) is 5. The van der Waals surface area contributed by atoms with Gasteiger partial charge in [0.15, 0.2) is 5.82 Å². The van der Waals surface area contributed by atoms with Gasteiger partial charge >= 0.3 is 0 Å². The van der Waals surface area contributed by atoms with Crippen molar-refractivity contribution in [1.29, 1.82) is 0 Å². The number of nitrogens with zero attached hydrogens (tertiary/aromatic N) is 5. The lowest BCUT2D eigenvalue weighted by Gasteiger charge is -2.36. The largest absolute Gasteiger partial charge is 0.321 e. The van der Waals surface area contributed by atoms with Crippen molar-refractivity contribution in [3.05, 3.63) is 87.0 Å². The zero-order chi connectivity index (χ0) is 23.7. The molecule has 2 heterocycles.